The van der Waals surface area contributed by atoms with Crippen molar-refractivity contribution >= 4 is 12.3 Å². The molecule has 0 aliphatic heterocycles. The molecule has 0 aromatic heterocycles. The third-order valence-corrected chi connectivity index (χ3v) is 0.333. The minimum absolute atomic E-state index is 0. The van der Waals surface area contributed by atoms with Crippen LogP contribution in [0.2, 0.25) is 0 Å². The summed E-state index contributed by atoms with van der Waals surface area (Å²) in [6.45, 7) is 2.39. The molecule has 109 valence electrons. The first-order valence-electron chi connectivity index (χ1n) is 3.94. The first kappa shape index (κ1) is 29.7. The van der Waals surface area contributed by atoms with Gasteiger partial charge in [0.1, 0.15) is 0 Å². The van der Waals surface area contributed by atoms with Gasteiger partial charge in [0.25, 0.3) is 0 Å². The van der Waals surface area contributed by atoms with E-state index >= 15 is 0 Å². The molecule has 0 bridgehead atoms. The molecule has 0 saturated carbocycles. The topological polar surface area (TPSA) is 219 Å². The van der Waals surface area contributed by atoms with Gasteiger partial charge in [-0.1, -0.05) is 0 Å². The minimum atomic E-state index is -1.83. The van der Waals surface area contributed by atoms with E-state index in [-0.39, 0.29) is 16.8 Å². The summed E-state index contributed by atoms with van der Waals surface area (Å²) in [4.78, 5) is 17.1. The number of carboxylic acid groups (broad SMARTS) is 4. The summed E-state index contributed by atoms with van der Waals surface area (Å²) < 4.78 is 0. The Hall–Kier alpha value is -1.11. The Kier molecular flexibility index (Phi) is 63.5. The van der Waals surface area contributed by atoms with E-state index in [1.54, 1.807) is 0 Å². The van der Waals surface area contributed by atoms with Crippen molar-refractivity contribution in [3.63, 3.8) is 0 Å². The number of rotatable bonds is 2. The smallest absolute Gasteiger partial charge is 0.450 e. The van der Waals surface area contributed by atoms with Crippen molar-refractivity contribution in [3.05, 3.63) is 0 Å². The van der Waals surface area contributed by atoms with E-state index in [4.69, 9.17) is 52.9 Å². The molecule has 0 fully saturated rings. The van der Waals surface area contributed by atoms with E-state index in [1.807, 2.05) is 0 Å². The van der Waals surface area contributed by atoms with Gasteiger partial charge in [0, 0.05) is 43.0 Å². The van der Waals surface area contributed by atoms with Gasteiger partial charge in [-0.2, -0.15) is 0 Å². The molecular weight excluding hydrogens is 283 g/mol. The Labute approximate surface area is 109 Å². The zero-order valence-electron chi connectivity index (χ0n) is 9.08. The Balaban J connectivity index is -0.0000000369. The molecule has 0 spiro atoms. The third kappa shape index (κ3) is 3150. The molecule has 1 radical (unpaired) electrons. The van der Waals surface area contributed by atoms with E-state index in [0.29, 0.717) is 26.2 Å². The maximum atomic E-state index is 8.56. The van der Waals surface area contributed by atoms with E-state index in [1.165, 1.54) is 0 Å². The van der Waals surface area contributed by atoms with Crippen LogP contribution in [0.4, 0.5) is 9.59 Å². The molecule has 0 aromatic carbocycles. The largest absolute Gasteiger partial charge is 0.503 e. The summed E-state index contributed by atoms with van der Waals surface area (Å²) in [6, 6.07) is 0. The first-order valence-corrected chi connectivity index (χ1v) is 3.94. The van der Waals surface area contributed by atoms with Crippen LogP contribution in [-0.4, -0.2) is 58.9 Å². The summed E-state index contributed by atoms with van der Waals surface area (Å²) in [5.41, 5.74) is 19.6. The fourth-order valence-electron chi connectivity index (χ4n) is 0. The molecule has 0 unspecified atom stereocenters. The Morgan fingerprint density at radius 3 is 0.706 bits per heavy atom. The van der Waals surface area contributed by atoms with Crippen molar-refractivity contribution in [2.75, 3.05) is 26.2 Å². The van der Waals surface area contributed by atoms with Gasteiger partial charge in [-0.05, 0) is 0 Å². The van der Waals surface area contributed by atoms with Crippen molar-refractivity contribution in [2.45, 2.75) is 0 Å². The van der Waals surface area contributed by atoms with Crippen LogP contribution in [0.3, 0.4) is 0 Å². The predicted octanol–water partition coefficient (Wildman–Crippen LogP) is -1.75. The molecule has 12 N–H and O–H groups in total. The van der Waals surface area contributed by atoms with Gasteiger partial charge in [-0.3, -0.25) is 0 Å². The molecule has 0 aliphatic carbocycles. The van der Waals surface area contributed by atoms with Crippen LogP contribution in [0.1, 0.15) is 0 Å². The summed E-state index contributed by atoms with van der Waals surface area (Å²) in [5.74, 6) is 0. The van der Waals surface area contributed by atoms with E-state index < -0.39 is 12.3 Å². The average molecular weight is 303 g/mol. The summed E-state index contributed by atoms with van der Waals surface area (Å²) in [7, 11) is 0. The molecule has 10 nitrogen and oxygen atoms in total. The third-order valence-electron chi connectivity index (χ3n) is 0.333. The monoisotopic (exact) mass is 303 g/mol. The zero-order chi connectivity index (χ0) is 14.0. The van der Waals surface area contributed by atoms with Crippen LogP contribution < -0.4 is 22.9 Å². The molecular formula is C6H20CoN4O6. The van der Waals surface area contributed by atoms with Crippen LogP contribution >= 0.6 is 0 Å². The van der Waals surface area contributed by atoms with Crippen molar-refractivity contribution < 1.29 is 46.8 Å². The van der Waals surface area contributed by atoms with E-state index in [2.05, 4.69) is 0 Å². The van der Waals surface area contributed by atoms with Crippen LogP contribution in [0.15, 0.2) is 0 Å². The van der Waals surface area contributed by atoms with Crippen molar-refractivity contribution in [2.24, 2.45) is 22.9 Å². The van der Waals surface area contributed by atoms with Crippen molar-refractivity contribution in [3.8, 4) is 0 Å². The summed E-state index contributed by atoms with van der Waals surface area (Å²) in [6.07, 6.45) is -3.67. The Bertz CT molecular complexity index is 122. The van der Waals surface area contributed by atoms with Crippen molar-refractivity contribution in [1.82, 2.24) is 0 Å². The maximum absolute atomic E-state index is 8.56. The van der Waals surface area contributed by atoms with Crippen LogP contribution in [0, 0.1) is 0 Å². The molecule has 17 heavy (non-hydrogen) atoms. The van der Waals surface area contributed by atoms with Gasteiger partial charge < -0.3 is 43.4 Å². The number of carbonyl (C=O) groups is 2. The number of hydrogen-bond donors (Lipinski definition) is 8. The molecule has 0 aliphatic rings. The summed E-state index contributed by atoms with van der Waals surface area (Å²) >= 11 is 0. The van der Waals surface area contributed by atoms with Gasteiger partial charge in [-0.15, -0.1) is 0 Å². The van der Waals surface area contributed by atoms with E-state index in [9.17, 15) is 0 Å². The molecule has 0 amide bonds. The van der Waals surface area contributed by atoms with Gasteiger partial charge in [0.15, 0.2) is 0 Å². The average Bonchev–Trinajstić information content (AvgIpc) is 2.16. The minimum Gasteiger partial charge on any atom is -0.450 e. The standard InChI is InChI=1S/2C2H8N2.2CH2O3.Co/c2*3-1-2-4;2*2-1(3)4;/h2*1-4H2;2*(H2,2,3,4);. The van der Waals surface area contributed by atoms with Crippen LogP contribution in [-0.2, 0) is 16.8 Å². The quantitative estimate of drug-likeness (QED) is 0.287. The fourth-order valence-corrected chi connectivity index (χ4v) is 0. The second-order valence-corrected chi connectivity index (χ2v) is 1.72. The van der Waals surface area contributed by atoms with Gasteiger partial charge in [-0.25, -0.2) is 9.59 Å². The second kappa shape index (κ2) is 36.4. The molecule has 0 heterocycles. The van der Waals surface area contributed by atoms with Crippen molar-refractivity contribution in [1.29, 1.82) is 0 Å². The molecule has 0 rings (SSSR count). The van der Waals surface area contributed by atoms with Crippen LogP contribution in [0.25, 0.3) is 0 Å². The first-order chi connectivity index (χ1) is 7.29. The molecule has 0 atom stereocenters. The fraction of sp³-hybridized carbons (Fsp3) is 0.667. The SMILES string of the molecule is NCCN.NCCN.O=C(O)O.O=C(O)O.[Co]. The Morgan fingerprint density at radius 2 is 0.706 bits per heavy atom. The zero-order valence-corrected chi connectivity index (χ0v) is 10.1. The molecule has 11 heteroatoms. The maximum Gasteiger partial charge on any atom is 0.503 e. The number of hydrogen-bond acceptors (Lipinski definition) is 6. The number of nitrogens with two attached hydrogens (primary N) is 4. The van der Waals surface area contributed by atoms with Gasteiger partial charge >= 0.3 is 12.3 Å². The predicted molar refractivity (Wildman–Crippen MR) is 57.5 cm³/mol. The Morgan fingerprint density at radius 1 is 0.647 bits per heavy atom. The van der Waals surface area contributed by atoms with Gasteiger partial charge in [0.2, 0.25) is 0 Å². The summed E-state index contributed by atoms with van der Waals surface area (Å²) in [5, 5.41) is 27.9. The van der Waals surface area contributed by atoms with E-state index in [0.717, 1.165) is 0 Å². The molecule has 0 saturated heterocycles. The molecule has 0 aromatic rings. The van der Waals surface area contributed by atoms with Crippen LogP contribution in [0.5, 0.6) is 0 Å². The van der Waals surface area contributed by atoms with Gasteiger partial charge in [0.05, 0.1) is 0 Å². The normalized spacial score (nSPS) is 6.35. The second-order valence-electron chi connectivity index (χ2n) is 1.72.